The molecule has 8 aliphatic rings. The molecule has 2 aromatic carbocycles. The molecule has 0 spiro atoms. The van der Waals surface area contributed by atoms with E-state index in [4.69, 9.17) is 50.3 Å². The van der Waals surface area contributed by atoms with E-state index in [-0.39, 0.29) is 55.9 Å². The van der Waals surface area contributed by atoms with Crippen molar-refractivity contribution in [3.8, 4) is 0 Å². The molecule has 0 aromatic heterocycles. The molecule has 418 valence electrons. The number of rotatable bonds is 10. The van der Waals surface area contributed by atoms with Crippen LogP contribution in [0.15, 0.2) is 100 Å². The van der Waals surface area contributed by atoms with Crippen LogP contribution in [0.2, 0.25) is 48.4 Å². The van der Waals surface area contributed by atoms with Crippen LogP contribution < -0.4 is 0 Å². The molecule has 16 unspecified atom stereocenters. The van der Waals surface area contributed by atoms with E-state index in [1.165, 1.54) is 61.2 Å². The Bertz CT molecular complexity index is 1880. The van der Waals surface area contributed by atoms with Crippen LogP contribution in [0.4, 0.5) is 0 Å². The van der Waals surface area contributed by atoms with E-state index in [0.717, 1.165) is 103 Å². The fourth-order valence-corrected chi connectivity index (χ4v) is 40.7. The largest absolute Gasteiger partial charge is 4.00 e. The molecule has 0 bridgehead atoms. The van der Waals surface area contributed by atoms with Crippen molar-refractivity contribution in [2.24, 2.45) is 47.3 Å². The Balaban J connectivity index is 0.000000518. The second kappa shape index (κ2) is 36.5. The van der Waals surface area contributed by atoms with Gasteiger partial charge in [0.1, 0.15) is 0 Å². The van der Waals surface area contributed by atoms with Gasteiger partial charge in [0.15, 0.2) is 0 Å². The molecule has 10 rings (SSSR count). The van der Waals surface area contributed by atoms with Crippen LogP contribution in [0.1, 0.15) is 83.8 Å². The van der Waals surface area contributed by atoms with Crippen molar-refractivity contribution in [2.45, 2.75) is 142 Å². The van der Waals surface area contributed by atoms with Gasteiger partial charge in [-0.3, -0.25) is 0 Å². The number of hydrogen-bond donors (Lipinski definition) is 0. The molecule has 4 saturated carbocycles. The normalized spacial score (nSPS) is 33.0. The summed E-state index contributed by atoms with van der Waals surface area (Å²) in [4.78, 5) is 0. The fraction of sp³-hybridized carbons (Fsp3) is 0.544. The van der Waals surface area contributed by atoms with Crippen LogP contribution >= 0.6 is 161 Å². The van der Waals surface area contributed by atoms with E-state index in [1.54, 1.807) is 0 Å². The van der Waals surface area contributed by atoms with Gasteiger partial charge in [-0.05, 0) is 93.2 Å². The van der Waals surface area contributed by atoms with Crippen LogP contribution in [-0.2, 0) is 47.1 Å². The van der Waals surface area contributed by atoms with Crippen molar-refractivity contribution in [3.63, 3.8) is 0 Å². The summed E-state index contributed by atoms with van der Waals surface area (Å²) in [5.41, 5.74) is 6.52. The van der Waals surface area contributed by atoms with Gasteiger partial charge in [-0.15, -0.1) is 105 Å². The van der Waals surface area contributed by atoms with Gasteiger partial charge < -0.3 is 29.7 Å². The van der Waals surface area contributed by atoms with Gasteiger partial charge in [-0.1, -0.05) is 149 Å². The monoisotopic (exact) mass is 1650 g/mol. The minimum atomic E-state index is -1.72. The third-order valence-corrected chi connectivity index (χ3v) is 38.3. The second-order valence-electron chi connectivity index (χ2n) is 21.9. The number of fused-ring (bicyclic) bond motifs is 4. The van der Waals surface area contributed by atoms with Gasteiger partial charge in [0.25, 0.3) is 0 Å². The minimum Gasteiger partial charge on any atom is -0.192 e. The van der Waals surface area contributed by atoms with E-state index in [9.17, 15) is 0 Å². The molecule has 4 fully saturated rings. The molecule has 0 saturated heterocycles. The zero-order chi connectivity index (χ0) is 51.1. The number of benzene rings is 2. The summed E-state index contributed by atoms with van der Waals surface area (Å²) in [6, 6.07) is 21.1. The maximum atomic E-state index is 4.94. The van der Waals surface area contributed by atoms with Crippen molar-refractivity contribution >= 4 is 184 Å². The van der Waals surface area contributed by atoms with Crippen LogP contribution in [0.25, 0.3) is 0 Å². The Morgan fingerprint density at radius 2 is 0.707 bits per heavy atom. The third-order valence-electron chi connectivity index (χ3n) is 16.9. The topological polar surface area (TPSA) is 0 Å². The molecule has 0 nitrogen and oxygen atoms in total. The quantitative estimate of drug-likeness (QED) is 0.101. The van der Waals surface area contributed by atoms with Gasteiger partial charge >= 0.3 is 70.8 Å². The summed E-state index contributed by atoms with van der Waals surface area (Å²) in [6.45, 7) is 19.4. The van der Waals surface area contributed by atoms with Crippen molar-refractivity contribution in [1.29, 1.82) is 0 Å². The smallest absolute Gasteiger partial charge is 0.192 e. The minimum absolute atomic E-state index is 0. The van der Waals surface area contributed by atoms with E-state index in [1.807, 2.05) is 0 Å². The van der Waals surface area contributed by atoms with E-state index >= 15 is 0 Å². The Labute approximate surface area is 566 Å². The van der Waals surface area contributed by atoms with E-state index in [0.29, 0.717) is 0 Å². The first-order valence-corrected chi connectivity index (χ1v) is 49.7. The van der Waals surface area contributed by atoms with Crippen molar-refractivity contribution in [2.75, 3.05) is 0 Å². The zero-order valence-corrected chi connectivity index (χ0v) is 67.5. The van der Waals surface area contributed by atoms with Crippen LogP contribution in [0, 0.1) is 89.9 Å². The van der Waals surface area contributed by atoms with Gasteiger partial charge in [0, 0.05) is 62.6 Å². The van der Waals surface area contributed by atoms with Gasteiger partial charge in [0.05, 0.1) is 16.1 Å². The number of thioether (sulfide) groups is 4. The first kappa shape index (κ1) is 77.3. The molecule has 0 radical (unpaired) electrons. The first-order chi connectivity index (χ1) is 33.2. The molecule has 0 amide bonds. The van der Waals surface area contributed by atoms with Gasteiger partial charge in [0.2, 0.25) is 0 Å². The molecule has 0 N–H and O–H groups in total. The summed E-state index contributed by atoms with van der Waals surface area (Å²) in [5.74, 6) is 6.81. The number of allylic oxidation sites excluding steroid dienone is 4. The molecule has 4 aliphatic heterocycles. The molecule has 4 aliphatic carbocycles. The maximum absolute atomic E-state index is 4.94. The second-order valence-corrected chi connectivity index (χ2v) is 49.9. The van der Waals surface area contributed by atoms with E-state index < -0.39 is 43.7 Å². The summed E-state index contributed by atoms with van der Waals surface area (Å²) in [7, 11) is 7.18. The van der Waals surface area contributed by atoms with Gasteiger partial charge in [-0.25, -0.2) is 0 Å². The molecule has 75 heavy (non-hydrogen) atoms. The average Bonchev–Trinajstić information content (AvgIpc) is 4.20. The van der Waals surface area contributed by atoms with Gasteiger partial charge in [-0.2, -0.15) is 48.2 Å². The van der Waals surface area contributed by atoms with Crippen LogP contribution in [0.3, 0.4) is 0 Å². The summed E-state index contributed by atoms with van der Waals surface area (Å²) in [6.07, 6.45) is 13.7. The number of halogens is 9. The Morgan fingerprint density at radius 1 is 0.493 bits per heavy atom. The summed E-state index contributed by atoms with van der Waals surface area (Å²) < 4.78 is 5.96. The zero-order valence-electron chi connectivity index (χ0n) is 46.0. The molecule has 18 heteroatoms. The van der Waals surface area contributed by atoms with Crippen molar-refractivity contribution in [1.82, 2.24) is 0 Å². The van der Waals surface area contributed by atoms with Crippen LogP contribution in [0.5, 0.6) is 0 Å². The third kappa shape index (κ3) is 19.7. The molecular formula is C57H83Br4Cl5S4Si3Zr2. The van der Waals surface area contributed by atoms with Crippen LogP contribution in [-0.4, -0.2) is 43.9 Å². The average molecular weight is 1660 g/mol. The summed E-state index contributed by atoms with van der Waals surface area (Å²) in [5, 5.41) is 13.0. The maximum Gasteiger partial charge on any atom is 4.00 e. The number of hydrogen-bond acceptors (Lipinski definition) is 4. The Hall–Kier alpha value is 4.33. The fourth-order valence-electron chi connectivity index (χ4n) is 14.6. The Morgan fingerprint density at radius 3 is 0.920 bits per heavy atom. The van der Waals surface area contributed by atoms with Crippen molar-refractivity contribution in [3.05, 3.63) is 154 Å². The number of unbranched alkanes of at least 4 members (excludes halogenated alkanes) is 2. The molecule has 4 heterocycles. The SMILES string of the molecule is CC1CC2C(Br)=CSC2C1[Si](C)(C)C1C(C)CC2C(Br)=CSC21.CC1CC2C(Br)=CSC2C1[Si](C)(C)C1C(C)CC2C(Br)=CSC21.Cl[SiH](Cl)Cl.[CH3-].[CH3-].[CH3-].[CH3-].[Cl][Zr+2][Cl].[Zr+4].c1ccc([CH-]CCC[CH-]c2ccccc2)cc1. The predicted molar refractivity (Wildman–Crippen MR) is 368 cm³/mol. The first-order valence-electron chi connectivity index (χ1n) is 24.9. The predicted octanol–water partition coefficient (Wildman–Crippen LogP) is 24.2. The molecule has 2 aromatic rings. The Kier molecular flexibility index (Phi) is 37.6. The van der Waals surface area contributed by atoms with E-state index in [2.05, 4.69) is 260 Å². The van der Waals surface area contributed by atoms with Crippen molar-refractivity contribution < 1.29 is 47.1 Å². The molecular weight excluding hydrogens is 1580 g/mol. The standard InChI is InChI=1S/2C18H26Br2S2Si.C17H18.4CH3.Cl3HSi.2ClH.2Zr/c2*1-9-5-11-13(19)7-21-15(11)17(9)23(3,4)18-10(2)6-12-14(20)8-22-16(12)18;1-4-10-16(11-5-1)14-8-3-9-15-17-12-6-2-7-13-17;;;;;1-4(2)3;;;;/h2*7-12,15-18H,5-6H2,1-4H3;1-2,4-7,10-15H,3,8-9H2;4*1H3;4H;2*1H;;/q;;-2;4*-1;;;;2*+4/p-2. The molecule has 16 atom stereocenters. The summed E-state index contributed by atoms with van der Waals surface area (Å²) >= 11 is 38.0.